The SMILES string of the molecule is CCCCCCCCCc1n(CCC(=O)[O-])cc[n+]1Cc1ccccc1. The van der Waals surface area contributed by atoms with Crippen LogP contribution in [0.2, 0.25) is 0 Å². The fourth-order valence-corrected chi connectivity index (χ4v) is 3.36. The Labute approximate surface area is 157 Å². The molecule has 26 heavy (non-hydrogen) atoms. The summed E-state index contributed by atoms with van der Waals surface area (Å²) in [6, 6.07) is 10.4. The van der Waals surface area contributed by atoms with Gasteiger partial charge in [0.15, 0.2) is 0 Å². The predicted molar refractivity (Wildman–Crippen MR) is 101 cm³/mol. The second-order valence-electron chi connectivity index (χ2n) is 7.01. The number of aryl methyl sites for hydroxylation is 1. The molecule has 0 fully saturated rings. The van der Waals surface area contributed by atoms with Gasteiger partial charge in [0.25, 0.3) is 5.82 Å². The molecule has 0 N–H and O–H groups in total. The van der Waals surface area contributed by atoms with Gasteiger partial charge in [-0.1, -0.05) is 75.8 Å². The molecule has 0 spiro atoms. The Kier molecular flexibility index (Phi) is 8.94. The first kappa shape index (κ1) is 20.2. The molecule has 0 saturated carbocycles. The van der Waals surface area contributed by atoms with Gasteiger partial charge in [0.1, 0.15) is 18.9 Å². The number of imidazole rings is 1. The van der Waals surface area contributed by atoms with Gasteiger partial charge in [-0.3, -0.25) is 0 Å². The maximum Gasteiger partial charge on any atom is 0.256 e. The van der Waals surface area contributed by atoms with Crippen molar-refractivity contribution in [1.82, 2.24) is 4.57 Å². The lowest BCUT2D eigenvalue weighted by molar-refractivity contribution is -0.695. The molecule has 1 heterocycles. The van der Waals surface area contributed by atoms with Crippen LogP contribution in [0.15, 0.2) is 42.7 Å². The largest absolute Gasteiger partial charge is 0.550 e. The number of aromatic nitrogens is 2. The van der Waals surface area contributed by atoms with E-state index in [4.69, 9.17) is 0 Å². The van der Waals surface area contributed by atoms with Crippen LogP contribution in [0.25, 0.3) is 0 Å². The van der Waals surface area contributed by atoms with E-state index in [1.165, 1.54) is 49.9 Å². The fourth-order valence-electron chi connectivity index (χ4n) is 3.36. The Morgan fingerprint density at radius 3 is 2.42 bits per heavy atom. The van der Waals surface area contributed by atoms with Gasteiger partial charge in [-0.15, -0.1) is 0 Å². The minimum atomic E-state index is -0.991. The van der Waals surface area contributed by atoms with E-state index in [9.17, 15) is 9.90 Å². The van der Waals surface area contributed by atoms with Crippen molar-refractivity contribution in [2.75, 3.05) is 0 Å². The molecule has 2 rings (SSSR count). The number of hydrogen-bond acceptors (Lipinski definition) is 2. The van der Waals surface area contributed by atoms with Crippen molar-refractivity contribution >= 4 is 5.97 Å². The zero-order valence-electron chi connectivity index (χ0n) is 16.0. The van der Waals surface area contributed by atoms with E-state index in [0.29, 0.717) is 6.54 Å². The summed E-state index contributed by atoms with van der Waals surface area (Å²) < 4.78 is 4.33. The van der Waals surface area contributed by atoms with Crippen molar-refractivity contribution in [3.05, 3.63) is 54.1 Å². The number of benzene rings is 1. The number of unbranched alkanes of at least 4 members (excludes halogenated alkanes) is 6. The highest BCUT2D eigenvalue weighted by Gasteiger charge is 2.17. The Morgan fingerprint density at radius 1 is 1.04 bits per heavy atom. The monoisotopic (exact) mass is 356 g/mol. The second-order valence-corrected chi connectivity index (χ2v) is 7.01. The minimum absolute atomic E-state index is 0.0596. The van der Waals surface area contributed by atoms with E-state index >= 15 is 0 Å². The van der Waals surface area contributed by atoms with Gasteiger partial charge in [-0.25, -0.2) is 9.13 Å². The van der Waals surface area contributed by atoms with E-state index in [-0.39, 0.29) is 6.42 Å². The van der Waals surface area contributed by atoms with Crippen LogP contribution in [-0.2, 0) is 24.3 Å². The third kappa shape index (κ3) is 7.03. The Morgan fingerprint density at radius 2 is 1.73 bits per heavy atom. The van der Waals surface area contributed by atoms with Crippen molar-refractivity contribution in [1.29, 1.82) is 0 Å². The summed E-state index contributed by atoms with van der Waals surface area (Å²) in [4.78, 5) is 10.8. The third-order valence-corrected chi connectivity index (χ3v) is 4.85. The first-order valence-corrected chi connectivity index (χ1v) is 10.0. The molecule has 0 amide bonds. The molecule has 1 aromatic heterocycles. The van der Waals surface area contributed by atoms with Crippen molar-refractivity contribution in [3.8, 4) is 0 Å². The van der Waals surface area contributed by atoms with Crippen molar-refractivity contribution in [2.45, 2.75) is 77.8 Å². The van der Waals surface area contributed by atoms with E-state index < -0.39 is 5.97 Å². The molecule has 0 unspecified atom stereocenters. The van der Waals surface area contributed by atoms with Crippen LogP contribution < -0.4 is 9.67 Å². The van der Waals surface area contributed by atoms with E-state index in [1.54, 1.807) is 0 Å². The summed E-state index contributed by atoms with van der Waals surface area (Å²) >= 11 is 0. The molecule has 1 aromatic carbocycles. The topological polar surface area (TPSA) is 48.9 Å². The number of carbonyl (C=O) groups excluding carboxylic acids is 1. The lowest BCUT2D eigenvalue weighted by atomic mass is 10.1. The minimum Gasteiger partial charge on any atom is -0.550 e. The summed E-state index contributed by atoms with van der Waals surface area (Å²) in [6.45, 7) is 3.55. The molecular weight excluding hydrogens is 324 g/mol. The van der Waals surface area contributed by atoms with Crippen LogP contribution in [0.3, 0.4) is 0 Å². The Balaban J connectivity index is 1.95. The zero-order valence-corrected chi connectivity index (χ0v) is 16.0. The molecule has 4 heteroatoms. The summed E-state index contributed by atoms with van der Waals surface area (Å²) in [7, 11) is 0. The Bertz CT molecular complexity index is 649. The molecule has 142 valence electrons. The van der Waals surface area contributed by atoms with Gasteiger partial charge in [-0.2, -0.15) is 0 Å². The highest BCUT2D eigenvalue weighted by atomic mass is 16.4. The molecule has 0 bridgehead atoms. The maximum atomic E-state index is 10.8. The van der Waals surface area contributed by atoms with Crippen LogP contribution in [-0.4, -0.2) is 10.5 Å². The van der Waals surface area contributed by atoms with Gasteiger partial charge in [0.2, 0.25) is 0 Å². The average Bonchev–Trinajstić information content (AvgIpc) is 3.01. The normalized spacial score (nSPS) is 11.0. The lowest BCUT2D eigenvalue weighted by Gasteiger charge is -2.07. The first-order chi connectivity index (χ1) is 12.7. The number of nitrogens with zero attached hydrogens (tertiary/aromatic N) is 2. The van der Waals surface area contributed by atoms with Crippen molar-refractivity contribution < 1.29 is 14.5 Å². The standard InChI is InChI=1S/C22H32N2O2/c1-2-3-4-5-6-7-11-14-21-23(16-15-22(25)26)17-18-24(21)19-20-12-9-8-10-13-20/h8-10,12-13,17-18H,2-7,11,14-16,19H2,1H3. The van der Waals surface area contributed by atoms with E-state index in [1.807, 2.05) is 12.3 Å². The third-order valence-electron chi connectivity index (χ3n) is 4.85. The smallest absolute Gasteiger partial charge is 0.256 e. The molecule has 0 aliphatic rings. The number of hydrogen-bond donors (Lipinski definition) is 0. The lowest BCUT2D eigenvalue weighted by Crippen LogP contribution is -2.38. The second kappa shape index (κ2) is 11.5. The number of rotatable bonds is 13. The summed E-state index contributed by atoms with van der Waals surface area (Å²) in [5.41, 5.74) is 1.26. The van der Waals surface area contributed by atoms with Gasteiger partial charge < -0.3 is 9.90 Å². The molecule has 0 saturated heterocycles. The summed E-state index contributed by atoms with van der Waals surface area (Å²) in [5, 5.41) is 10.8. The van der Waals surface area contributed by atoms with Crippen LogP contribution in [0.5, 0.6) is 0 Å². The summed E-state index contributed by atoms with van der Waals surface area (Å²) in [5.74, 6) is 0.221. The molecule has 0 aliphatic heterocycles. The summed E-state index contributed by atoms with van der Waals surface area (Å²) in [6.07, 6.45) is 14.1. The molecule has 4 nitrogen and oxygen atoms in total. The fraction of sp³-hybridized carbons (Fsp3) is 0.545. The van der Waals surface area contributed by atoms with Crippen LogP contribution in [0.4, 0.5) is 0 Å². The average molecular weight is 357 g/mol. The number of carbonyl (C=O) groups is 1. The molecule has 0 radical (unpaired) electrons. The maximum absolute atomic E-state index is 10.8. The van der Waals surface area contributed by atoms with Crippen LogP contribution >= 0.6 is 0 Å². The molecule has 0 atom stereocenters. The van der Waals surface area contributed by atoms with Crippen molar-refractivity contribution in [3.63, 3.8) is 0 Å². The van der Waals surface area contributed by atoms with E-state index in [0.717, 1.165) is 19.4 Å². The van der Waals surface area contributed by atoms with Gasteiger partial charge in [-0.05, 0) is 12.0 Å². The number of carboxylic acid groups (broad SMARTS) is 1. The quantitative estimate of drug-likeness (QED) is 0.408. The van der Waals surface area contributed by atoms with Gasteiger partial charge in [0, 0.05) is 18.8 Å². The highest BCUT2D eigenvalue weighted by Crippen LogP contribution is 2.10. The van der Waals surface area contributed by atoms with Crippen LogP contribution in [0, 0.1) is 0 Å². The van der Waals surface area contributed by atoms with Gasteiger partial charge >= 0.3 is 0 Å². The molecule has 0 aliphatic carbocycles. The first-order valence-electron chi connectivity index (χ1n) is 10.0. The van der Waals surface area contributed by atoms with E-state index in [2.05, 4.69) is 46.5 Å². The van der Waals surface area contributed by atoms with Crippen LogP contribution in [0.1, 0.15) is 69.7 Å². The number of aliphatic carboxylic acids is 1. The van der Waals surface area contributed by atoms with Crippen molar-refractivity contribution in [2.24, 2.45) is 0 Å². The Hall–Kier alpha value is -2.10. The molecular formula is C22H32N2O2. The molecule has 2 aromatic rings. The van der Waals surface area contributed by atoms with Gasteiger partial charge in [0.05, 0.1) is 6.54 Å². The number of carboxylic acids is 1. The zero-order chi connectivity index (χ0) is 18.6. The highest BCUT2D eigenvalue weighted by molar-refractivity contribution is 5.64. The predicted octanol–water partition coefficient (Wildman–Crippen LogP) is 3.26.